The first-order valence-corrected chi connectivity index (χ1v) is 8.99. The van der Waals surface area contributed by atoms with Crippen molar-refractivity contribution < 1.29 is 4.21 Å². The van der Waals surface area contributed by atoms with Gasteiger partial charge in [-0.1, -0.05) is 42.5 Å². The molecule has 0 radical (unpaired) electrons. The fourth-order valence-electron chi connectivity index (χ4n) is 2.61. The van der Waals surface area contributed by atoms with Gasteiger partial charge in [-0.3, -0.25) is 4.21 Å². The Labute approximate surface area is 141 Å². The van der Waals surface area contributed by atoms with Crippen molar-refractivity contribution >= 4 is 21.7 Å². The molecule has 6 heteroatoms. The van der Waals surface area contributed by atoms with Gasteiger partial charge in [0, 0.05) is 29.6 Å². The zero-order valence-electron chi connectivity index (χ0n) is 13.0. The Morgan fingerprint density at radius 1 is 0.875 bits per heavy atom. The number of nitrogens with zero attached hydrogens (tertiary/aromatic N) is 4. The van der Waals surface area contributed by atoms with Crippen LogP contribution in [-0.4, -0.2) is 30.2 Å². The highest BCUT2D eigenvalue weighted by atomic mass is 32.2. The molecule has 1 atom stereocenters. The zero-order valence-corrected chi connectivity index (χ0v) is 13.8. The van der Waals surface area contributed by atoms with Crippen molar-refractivity contribution in [2.75, 3.05) is 6.26 Å². The molecule has 0 saturated carbocycles. The topological polar surface area (TPSA) is 60.7 Å². The molecule has 0 aliphatic rings. The highest BCUT2D eigenvalue weighted by molar-refractivity contribution is 7.84. The first-order chi connectivity index (χ1) is 11.7. The Morgan fingerprint density at radius 3 is 2.25 bits per heavy atom. The van der Waals surface area contributed by atoms with Crippen molar-refractivity contribution in [3.63, 3.8) is 0 Å². The largest absolute Gasteiger partial charge is 0.253 e. The quantitative estimate of drug-likeness (QED) is 0.577. The number of hydrogen-bond donors (Lipinski definition) is 0. The second-order valence-corrected chi connectivity index (χ2v) is 6.62. The first kappa shape index (κ1) is 14.7. The third-order valence-electron chi connectivity index (χ3n) is 3.76. The smallest absolute Gasteiger partial charge is 0.251 e. The van der Waals surface area contributed by atoms with Crippen molar-refractivity contribution in [3.05, 3.63) is 67.0 Å². The van der Waals surface area contributed by atoms with E-state index < -0.39 is 10.8 Å². The van der Waals surface area contributed by atoms with E-state index in [9.17, 15) is 4.21 Å². The van der Waals surface area contributed by atoms with E-state index in [-0.39, 0.29) is 0 Å². The molecule has 0 N–H and O–H groups in total. The third kappa shape index (κ3) is 2.51. The fraction of sp³-hybridized carbons (Fsp3) is 0.0556. The molecule has 0 saturated heterocycles. The molecule has 0 spiro atoms. The predicted molar refractivity (Wildman–Crippen MR) is 94.4 cm³/mol. The van der Waals surface area contributed by atoms with Gasteiger partial charge < -0.3 is 0 Å². The summed E-state index contributed by atoms with van der Waals surface area (Å²) in [6, 6.07) is 17.6. The summed E-state index contributed by atoms with van der Waals surface area (Å²) in [5.41, 5.74) is 2.84. The lowest BCUT2D eigenvalue weighted by molar-refractivity contribution is 0.681. The molecule has 2 aromatic heterocycles. The van der Waals surface area contributed by atoms with Crippen molar-refractivity contribution in [1.29, 1.82) is 0 Å². The summed E-state index contributed by atoms with van der Waals surface area (Å²) in [7, 11) is -1.18. The summed E-state index contributed by atoms with van der Waals surface area (Å²) in [5.74, 6) is 0.461. The highest BCUT2D eigenvalue weighted by Gasteiger charge is 2.15. The molecule has 0 amide bonds. The standard InChI is InChI=1S/C18H14N4OS/c1-24(23)17-15-9-5-6-10-16(15)22(21-17)18-19-11-14(12-20-18)13-7-3-2-4-8-13/h2-12H,1H3. The van der Waals surface area contributed by atoms with Gasteiger partial charge in [0.05, 0.1) is 16.3 Å². The number of fused-ring (bicyclic) bond motifs is 1. The number of benzene rings is 2. The van der Waals surface area contributed by atoms with Gasteiger partial charge in [-0.25, -0.2) is 9.97 Å². The minimum atomic E-state index is -1.18. The van der Waals surface area contributed by atoms with Crippen LogP contribution in [0.15, 0.2) is 72.0 Å². The molecule has 118 valence electrons. The fourth-order valence-corrected chi connectivity index (χ4v) is 3.29. The summed E-state index contributed by atoms with van der Waals surface area (Å²) in [5, 5.41) is 5.85. The lowest BCUT2D eigenvalue weighted by Crippen LogP contribution is -2.03. The normalized spacial score (nSPS) is 12.4. The van der Waals surface area contributed by atoms with Crippen molar-refractivity contribution in [2.24, 2.45) is 0 Å². The maximum atomic E-state index is 11.9. The summed E-state index contributed by atoms with van der Waals surface area (Å²) in [4.78, 5) is 8.88. The van der Waals surface area contributed by atoms with Crippen LogP contribution in [0.5, 0.6) is 0 Å². The van der Waals surface area contributed by atoms with Crippen LogP contribution in [0.3, 0.4) is 0 Å². The second-order valence-electron chi connectivity index (χ2n) is 5.33. The zero-order chi connectivity index (χ0) is 16.5. The summed E-state index contributed by atoms with van der Waals surface area (Å²) in [6.07, 6.45) is 5.17. The van der Waals surface area contributed by atoms with Crippen molar-refractivity contribution in [3.8, 4) is 17.1 Å². The van der Waals surface area contributed by atoms with Crippen LogP contribution >= 0.6 is 0 Å². The molecular formula is C18H14N4OS. The maximum Gasteiger partial charge on any atom is 0.251 e. The van der Waals surface area contributed by atoms with Gasteiger partial charge in [0.15, 0.2) is 5.03 Å². The molecule has 1 unspecified atom stereocenters. The van der Waals surface area contributed by atoms with Gasteiger partial charge in [-0.2, -0.15) is 9.78 Å². The third-order valence-corrected chi connectivity index (χ3v) is 4.61. The minimum Gasteiger partial charge on any atom is -0.253 e. The van der Waals surface area contributed by atoms with Gasteiger partial charge in [0.1, 0.15) is 0 Å². The Balaban J connectivity index is 1.82. The van der Waals surface area contributed by atoms with E-state index in [1.807, 2.05) is 54.6 Å². The van der Waals surface area contributed by atoms with Crippen LogP contribution in [0, 0.1) is 0 Å². The van der Waals surface area contributed by atoms with E-state index in [0.717, 1.165) is 22.0 Å². The van der Waals surface area contributed by atoms with Gasteiger partial charge >= 0.3 is 0 Å². The molecule has 0 aliphatic heterocycles. The average molecular weight is 334 g/mol. The van der Waals surface area contributed by atoms with Crippen LogP contribution in [-0.2, 0) is 10.8 Å². The first-order valence-electron chi connectivity index (χ1n) is 7.43. The molecule has 4 rings (SSSR count). The summed E-state index contributed by atoms with van der Waals surface area (Å²) in [6.45, 7) is 0. The highest BCUT2D eigenvalue weighted by Crippen LogP contribution is 2.23. The van der Waals surface area contributed by atoms with Crippen LogP contribution in [0.2, 0.25) is 0 Å². The Bertz CT molecular complexity index is 1030. The molecular weight excluding hydrogens is 320 g/mol. The second kappa shape index (κ2) is 5.98. The molecule has 2 heterocycles. The molecule has 0 aliphatic carbocycles. The number of hydrogen-bond acceptors (Lipinski definition) is 4. The molecule has 24 heavy (non-hydrogen) atoms. The van der Waals surface area contributed by atoms with Gasteiger partial charge in [0.2, 0.25) is 0 Å². The molecule has 0 fully saturated rings. The Morgan fingerprint density at radius 2 is 1.54 bits per heavy atom. The van der Waals surface area contributed by atoms with E-state index in [2.05, 4.69) is 15.1 Å². The Hall–Kier alpha value is -2.86. The van der Waals surface area contributed by atoms with Crippen molar-refractivity contribution in [1.82, 2.24) is 19.7 Å². The van der Waals surface area contributed by atoms with E-state index in [1.54, 1.807) is 23.3 Å². The predicted octanol–water partition coefficient (Wildman–Crippen LogP) is 3.22. The Kier molecular flexibility index (Phi) is 3.66. The van der Waals surface area contributed by atoms with Crippen LogP contribution in [0.4, 0.5) is 0 Å². The SMILES string of the molecule is CS(=O)c1nn(-c2ncc(-c3ccccc3)cn2)c2ccccc12. The maximum absolute atomic E-state index is 11.9. The van der Waals surface area contributed by atoms with E-state index >= 15 is 0 Å². The summed E-state index contributed by atoms with van der Waals surface area (Å²) < 4.78 is 13.6. The number of para-hydroxylation sites is 1. The molecule has 4 aromatic rings. The lowest BCUT2D eigenvalue weighted by atomic mass is 10.1. The minimum absolute atomic E-state index is 0.461. The van der Waals surface area contributed by atoms with Gasteiger partial charge in [-0.15, -0.1) is 0 Å². The van der Waals surface area contributed by atoms with Gasteiger partial charge in [-0.05, 0) is 17.7 Å². The van der Waals surface area contributed by atoms with Crippen LogP contribution < -0.4 is 0 Å². The number of aromatic nitrogens is 4. The number of rotatable bonds is 3. The van der Waals surface area contributed by atoms with Crippen LogP contribution in [0.25, 0.3) is 28.0 Å². The summed E-state index contributed by atoms with van der Waals surface area (Å²) >= 11 is 0. The average Bonchev–Trinajstić information content (AvgIpc) is 3.03. The van der Waals surface area contributed by atoms with Gasteiger partial charge in [0.25, 0.3) is 5.95 Å². The van der Waals surface area contributed by atoms with Crippen molar-refractivity contribution in [2.45, 2.75) is 5.03 Å². The van der Waals surface area contributed by atoms with E-state index in [1.165, 1.54) is 0 Å². The monoisotopic (exact) mass is 334 g/mol. The molecule has 5 nitrogen and oxygen atoms in total. The lowest BCUT2D eigenvalue weighted by Gasteiger charge is -2.03. The molecule has 2 aromatic carbocycles. The molecule has 0 bridgehead atoms. The van der Waals surface area contributed by atoms with E-state index in [4.69, 9.17) is 0 Å². The van der Waals surface area contributed by atoms with Crippen LogP contribution in [0.1, 0.15) is 0 Å². The van der Waals surface area contributed by atoms with E-state index in [0.29, 0.717) is 11.0 Å².